The van der Waals surface area contributed by atoms with Crippen molar-refractivity contribution in [3.63, 3.8) is 0 Å². The molecule has 0 aliphatic rings. The zero-order valence-electron chi connectivity index (χ0n) is 24.9. The molecule has 0 rings (SSSR count). The molecule has 0 saturated carbocycles. The average molecular weight is 518 g/mol. The maximum atomic E-state index is 10.1. The number of aliphatic hydroxyl groups is 1. The molecular formula is C32H68ClNO. The second-order valence-electron chi connectivity index (χ2n) is 11.9. The Balaban J connectivity index is 0. The number of hydrogen-bond donors (Lipinski definition) is 1. The van der Waals surface area contributed by atoms with Gasteiger partial charge in [-0.3, -0.25) is 0 Å². The fourth-order valence-corrected chi connectivity index (χ4v) is 5.60. The van der Waals surface area contributed by atoms with Crippen LogP contribution in [-0.4, -0.2) is 42.4 Å². The maximum Gasteiger partial charge on any atom is 0.104 e. The van der Waals surface area contributed by atoms with Gasteiger partial charge >= 0.3 is 0 Å². The number of unbranched alkanes of at least 4 members (excludes halogenated alkanes) is 22. The number of aliphatic hydroxyl groups excluding tert-OH is 1. The van der Waals surface area contributed by atoms with Crippen molar-refractivity contribution in [2.75, 3.05) is 26.7 Å². The number of nitrogens with zero attached hydrogens (tertiary/aromatic N) is 1. The Morgan fingerprint density at radius 3 is 0.914 bits per heavy atom. The predicted molar refractivity (Wildman–Crippen MR) is 155 cm³/mol. The van der Waals surface area contributed by atoms with E-state index in [1.165, 1.54) is 167 Å². The maximum absolute atomic E-state index is 10.1. The van der Waals surface area contributed by atoms with Crippen molar-refractivity contribution in [1.29, 1.82) is 0 Å². The van der Waals surface area contributed by atoms with E-state index in [9.17, 15) is 5.11 Å². The van der Waals surface area contributed by atoms with Crippen LogP contribution in [0, 0.1) is 0 Å². The summed E-state index contributed by atoms with van der Waals surface area (Å²) in [5.41, 5.74) is 0. The molecule has 0 aliphatic carbocycles. The van der Waals surface area contributed by atoms with Crippen LogP contribution in [0.3, 0.4) is 0 Å². The second kappa shape index (κ2) is 28.8. The number of halogens is 1. The monoisotopic (exact) mass is 517 g/mol. The summed E-state index contributed by atoms with van der Waals surface area (Å²) in [6.45, 7) is 9.99. The lowest BCUT2D eigenvalue weighted by atomic mass is 10.0. The van der Waals surface area contributed by atoms with E-state index in [-0.39, 0.29) is 18.5 Å². The zero-order valence-corrected chi connectivity index (χ0v) is 25.7. The van der Waals surface area contributed by atoms with E-state index in [0.29, 0.717) is 0 Å². The predicted octanol–water partition coefficient (Wildman–Crippen LogP) is 7.22. The molecule has 0 heterocycles. The van der Waals surface area contributed by atoms with Crippen molar-refractivity contribution in [3.8, 4) is 0 Å². The minimum Gasteiger partial charge on any atom is -1.00 e. The molecule has 1 N–H and O–H groups in total. The first-order chi connectivity index (χ1) is 16.5. The van der Waals surface area contributed by atoms with E-state index < -0.39 is 0 Å². The van der Waals surface area contributed by atoms with Gasteiger partial charge < -0.3 is 22.0 Å². The molecule has 0 saturated heterocycles. The Labute approximate surface area is 229 Å². The third-order valence-electron chi connectivity index (χ3n) is 7.81. The van der Waals surface area contributed by atoms with Crippen molar-refractivity contribution in [3.05, 3.63) is 0 Å². The summed E-state index contributed by atoms with van der Waals surface area (Å²) >= 11 is 0. The highest BCUT2D eigenvalue weighted by atomic mass is 35.5. The molecule has 35 heavy (non-hydrogen) atoms. The molecule has 0 aromatic heterocycles. The Bertz CT molecular complexity index is 360. The number of rotatable bonds is 28. The first-order valence-electron chi connectivity index (χ1n) is 16.1. The third-order valence-corrected chi connectivity index (χ3v) is 7.81. The van der Waals surface area contributed by atoms with Crippen LogP contribution in [0.25, 0.3) is 0 Å². The highest BCUT2D eigenvalue weighted by Gasteiger charge is 2.22. The lowest BCUT2D eigenvalue weighted by Gasteiger charge is -2.36. The number of quaternary nitrogens is 1. The van der Waals surface area contributed by atoms with Crippen molar-refractivity contribution in [1.82, 2.24) is 0 Å². The van der Waals surface area contributed by atoms with E-state index in [1.54, 1.807) is 0 Å². The first kappa shape index (κ1) is 37.4. The summed E-state index contributed by atoms with van der Waals surface area (Å²) in [5, 5.41) is 10.1. The quantitative estimate of drug-likeness (QED) is 0.0857. The van der Waals surface area contributed by atoms with Gasteiger partial charge in [-0.05, 0) is 32.6 Å². The van der Waals surface area contributed by atoms with Gasteiger partial charge in [-0.1, -0.05) is 142 Å². The molecule has 0 aliphatic heterocycles. The lowest BCUT2D eigenvalue weighted by Crippen LogP contribution is -3.00. The molecule has 1 atom stereocenters. The van der Waals surface area contributed by atoms with Gasteiger partial charge in [0.2, 0.25) is 0 Å². The van der Waals surface area contributed by atoms with Crippen LogP contribution < -0.4 is 12.4 Å². The molecule has 0 bridgehead atoms. The van der Waals surface area contributed by atoms with Crippen LogP contribution in [-0.2, 0) is 0 Å². The van der Waals surface area contributed by atoms with Gasteiger partial charge in [-0.2, -0.15) is 0 Å². The van der Waals surface area contributed by atoms with Gasteiger partial charge in [0.05, 0.1) is 20.1 Å². The fraction of sp³-hybridized carbons (Fsp3) is 1.00. The zero-order chi connectivity index (χ0) is 25.2. The average Bonchev–Trinajstić information content (AvgIpc) is 2.80. The van der Waals surface area contributed by atoms with Crippen LogP contribution in [0.4, 0.5) is 0 Å². The topological polar surface area (TPSA) is 20.2 Å². The molecule has 0 spiro atoms. The first-order valence-corrected chi connectivity index (χ1v) is 16.1. The summed E-state index contributed by atoms with van der Waals surface area (Å²) in [6.07, 6.45) is 33.8. The Kier molecular flexibility index (Phi) is 30.7. The SMILES string of the molecule is CCCCCCCCCCCCCC[N+](C)(CCCCCCCCCCCCCC)CC(C)O.[Cl-]. The Morgan fingerprint density at radius 2 is 0.686 bits per heavy atom. The van der Waals surface area contributed by atoms with Crippen LogP contribution in [0.5, 0.6) is 0 Å². The van der Waals surface area contributed by atoms with Gasteiger partial charge in [-0.15, -0.1) is 0 Å². The Hall–Kier alpha value is 0.210. The molecule has 214 valence electrons. The van der Waals surface area contributed by atoms with Gasteiger partial charge in [0.25, 0.3) is 0 Å². The Morgan fingerprint density at radius 1 is 0.457 bits per heavy atom. The molecule has 1 unspecified atom stereocenters. The second-order valence-corrected chi connectivity index (χ2v) is 11.9. The molecule has 0 aromatic carbocycles. The molecule has 0 amide bonds. The molecule has 0 radical (unpaired) electrons. The van der Waals surface area contributed by atoms with E-state index in [1.807, 2.05) is 6.92 Å². The van der Waals surface area contributed by atoms with Gasteiger partial charge in [0.15, 0.2) is 0 Å². The van der Waals surface area contributed by atoms with Crippen LogP contribution in [0.2, 0.25) is 0 Å². The molecular weight excluding hydrogens is 450 g/mol. The van der Waals surface area contributed by atoms with E-state index in [0.717, 1.165) is 11.0 Å². The standard InChI is InChI=1S/C32H68NO.ClH/c1-5-7-9-11-13-15-17-19-21-23-25-27-29-33(4,31-32(3)34)30-28-26-24-22-20-18-16-14-12-10-8-6-2;/h32,34H,5-31H2,1-4H3;1H/q+1;/p-1. The van der Waals surface area contributed by atoms with Crippen molar-refractivity contribution in [2.45, 2.75) is 181 Å². The lowest BCUT2D eigenvalue weighted by molar-refractivity contribution is -0.912. The third kappa shape index (κ3) is 28.6. The summed E-state index contributed by atoms with van der Waals surface area (Å²) < 4.78 is 1.08. The summed E-state index contributed by atoms with van der Waals surface area (Å²) in [7, 11) is 2.39. The van der Waals surface area contributed by atoms with Crippen molar-refractivity contribution in [2.24, 2.45) is 0 Å². The smallest absolute Gasteiger partial charge is 0.104 e. The molecule has 0 fully saturated rings. The highest BCUT2D eigenvalue weighted by Crippen LogP contribution is 2.16. The molecule has 0 aromatic rings. The van der Waals surface area contributed by atoms with Crippen molar-refractivity contribution < 1.29 is 22.0 Å². The van der Waals surface area contributed by atoms with E-state index in [4.69, 9.17) is 0 Å². The van der Waals surface area contributed by atoms with Gasteiger partial charge in [0.1, 0.15) is 12.6 Å². The normalized spacial score (nSPS) is 12.6. The molecule has 2 nitrogen and oxygen atoms in total. The summed E-state index contributed by atoms with van der Waals surface area (Å²) in [5.74, 6) is 0. The number of likely N-dealkylation sites (N-methyl/N-ethyl adjacent to an activating group) is 1. The largest absolute Gasteiger partial charge is 1.00 e. The van der Waals surface area contributed by atoms with Crippen LogP contribution >= 0.6 is 0 Å². The summed E-state index contributed by atoms with van der Waals surface area (Å²) in [6, 6.07) is 0. The number of hydrogen-bond acceptors (Lipinski definition) is 1. The van der Waals surface area contributed by atoms with Gasteiger partial charge in [-0.25, -0.2) is 0 Å². The van der Waals surface area contributed by atoms with E-state index in [2.05, 4.69) is 20.9 Å². The minimum absolute atomic E-state index is 0. The highest BCUT2D eigenvalue weighted by molar-refractivity contribution is 4.53. The fourth-order valence-electron chi connectivity index (χ4n) is 5.60. The molecule has 3 heteroatoms. The van der Waals surface area contributed by atoms with Crippen molar-refractivity contribution >= 4 is 0 Å². The minimum atomic E-state index is -0.181. The van der Waals surface area contributed by atoms with E-state index >= 15 is 0 Å². The van der Waals surface area contributed by atoms with Gasteiger partial charge in [0, 0.05) is 0 Å². The van der Waals surface area contributed by atoms with Crippen LogP contribution in [0.1, 0.15) is 175 Å². The summed E-state index contributed by atoms with van der Waals surface area (Å²) in [4.78, 5) is 0. The van der Waals surface area contributed by atoms with Crippen LogP contribution in [0.15, 0.2) is 0 Å².